The minimum absolute atomic E-state index is 0.0427. The van der Waals surface area contributed by atoms with Gasteiger partial charge in [0.05, 0.1) is 24.0 Å². The second-order valence-corrected chi connectivity index (χ2v) is 7.52. The zero-order valence-electron chi connectivity index (χ0n) is 15.6. The number of urea groups is 1. The summed E-state index contributed by atoms with van der Waals surface area (Å²) in [5.74, 6) is -3.16. The Morgan fingerprint density at radius 3 is 2.80 bits per heavy atom. The van der Waals surface area contributed by atoms with E-state index in [2.05, 4.69) is 30.5 Å². The van der Waals surface area contributed by atoms with E-state index >= 15 is 0 Å². The van der Waals surface area contributed by atoms with Gasteiger partial charge < -0.3 is 15.2 Å². The van der Waals surface area contributed by atoms with Gasteiger partial charge in [0.1, 0.15) is 11.5 Å². The Hall–Kier alpha value is -3.57. The highest BCUT2D eigenvalue weighted by Crippen LogP contribution is 2.42. The smallest absolute Gasteiger partial charge is 0.329 e. The average Bonchev–Trinajstić information content (AvgIpc) is 3.11. The van der Waals surface area contributed by atoms with E-state index in [0.29, 0.717) is 18.7 Å². The van der Waals surface area contributed by atoms with Gasteiger partial charge in [0.15, 0.2) is 5.82 Å². The Morgan fingerprint density at radius 1 is 1.30 bits per heavy atom. The first kappa shape index (κ1) is 18.5. The molecule has 12 heteroatoms. The summed E-state index contributed by atoms with van der Waals surface area (Å²) in [7, 11) is 0. The van der Waals surface area contributed by atoms with Crippen LogP contribution in [0.3, 0.4) is 0 Å². The van der Waals surface area contributed by atoms with Crippen molar-refractivity contribution in [3.8, 4) is 0 Å². The summed E-state index contributed by atoms with van der Waals surface area (Å²) in [6.45, 7) is 1.33. The van der Waals surface area contributed by atoms with Crippen LogP contribution >= 0.6 is 0 Å². The van der Waals surface area contributed by atoms with Gasteiger partial charge in [-0.2, -0.15) is 0 Å². The second-order valence-electron chi connectivity index (χ2n) is 7.52. The van der Waals surface area contributed by atoms with Gasteiger partial charge in [0.2, 0.25) is 0 Å². The van der Waals surface area contributed by atoms with Crippen molar-refractivity contribution in [2.45, 2.75) is 30.8 Å². The molecule has 0 radical (unpaired) electrons. The third-order valence-electron chi connectivity index (χ3n) is 5.44. The molecule has 2 fully saturated rings. The molecule has 1 aliphatic carbocycles. The number of pyridine rings is 1. The predicted molar refractivity (Wildman–Crippen MR) is 102 cm³/mol. The summed E-state index contributed by atoms with van der Waals surface area (Å²) < 4.78 is 26.3. The van der Waals surface area contributed by atoms with Crippen molar-refractivity contribution in [2.24, 2.45) is 0 Å². The van der Waals surface area contributed by atoms with Gasteiger partial charge in [-0.15, -0.1) is 0 Å². The van der Waals surface area contributed by atoms with Crippen molar-refractivity contribution in [1.82, 2.24) is 20.3 Å². The molecule has 3 amide bonds. The van der Waals surface area contributed by atoms with Crippen LogP contribution < -0.4 is 26.0 Å². The van der Waals surface area contributed by atoms with E-state index in [1.807, 2.05) is 0 Å². The van der Waals surface area contributed by atoms with Crippen LogP contribution in [-0.4, -0.2) is 58.0 Å². The molecule has 0 aromatic carbocycles. The lowest BCUT2D eigenvalue weighted by molar-refractivity contribution is 0.0845. The molecule has 2 unspecified atom stereocenters. The predicted octanol–water partition coefficient (Wildman–Crippen LogP) is 0.933. The Morgan fingerprint density at radius 2 is 2.10 bits per heavy atom. The SMILES string of the molecule is O=C(NC1CC1(F)F)c1ccc2c(n1)N(C(=O)Nc1c[nH]c(=O)cn1)C1CCN2C1. The van der Waals surface area contributed by atoms with E-state index in [0.717, 1.165) is 12.7 Å². The highest BCUT2D eigenvalue weighted by atomic mass is 19.3. The van der Waals surface area contributed by atoms with Crippen molar-refractivity contribution in [1.29, 1.82) is 0 Å². The molecule has 1 saturated heterocycles. The number of aromatic nitrogens is 3. The number of nitrogens with zero attached hydrogens (tertiary/aromatic N) is 4. The molecular weight excluding hydrogens is 400 g/mol. The van der Waals surface area contributed by atoms with Gasteiger partial charge in [-0.25, -0.2) is 23.5 Å². The van der Waals surface area contributed by atoms with Gasteiger partial charge in [0, 0.05) is 25.7 Å². The van der Waals surface area contributed by atoms with Gasteiger partial charge in [0.25, 0.3) is 17.4 Å². The molecule has 2 aromatic rings. The lowest BCUT2D eigenvalue weighted by atomic mass is 10.1. The summed E-state index contributed by atoms with van der Waals surface area (Å²) in [6.07, 6.45) is 2.64. The first-order chi connectivity index (χ1) is 14.3. The summed E-state index contributed by atoms with van der Waals surface area (Å²) in [5, 5.41) is 4.88. The molecule has 5 rings (SSSR count). The van der Waals surface area contributed by atoms with E-state index in [4.69, 9.17) is 0 Å². The van der Waals surface area contributed by atoms with E-state index < -0.39 is 29.5 Å². The molecule has 2 aliphatic heterocycles. The van der Waals surface area contributed by atoms with E-state index in [1.165, 1.54) is 17.2 Å². The number of H-pyrrole nitrogens is 1. The Kier molecular flexibility index (Phi) is 3.98. The number of fused-ring (bicyclic) bond motifs is 4. The molecule has 10 nitrogen and oxygen atoms in total. The number of anilines is 3. The molecule has 30 heavy (non-hydrogen) atoms. The zero-order chi connectivity index (χ0) is 21.0. The van der Waals surface area contributed by atoms with E-state index in [9.17, 15) is 23.2 Å². The number of nitrogens with one attached hydrogen (secondary N) is 3. The first-order valence-corrected chi connectivity index (χ1v) is 9.41. The maximum absolute atomic E-state index is 13.1. The van der Waals surface area contributed by atoms with E-state index in [1.54, 1.807) is 6.07 Å². The molecule has 0 spiro atoms. The molecule has 156 valence electrons. The number of halogens is 2. The fourth-order valence-corrected chi connectivity index (χ4v) is 3.78. The first-order valence-electron chi connectivity index (χ1n) is 9.41. The summed E-state index contributed by atoms with van der Waals surface area (Å²) in [5.41, 5.74) is 0.238. The fourth-order valence-electron chi connectivity index (χ4n) is 3.78. The van der Waals surface area contributed by atoms with Crippen LogP contribution in [0.5, 0.6) is 0 Å². The molecule has 2 atom stereocenters. The largest absolute Gasteiger partial charge is 0.366 e. The molecule has 4 heterocycles. The Bertz CT molecular complexity index is 1080. The van der Waals surface area contributed by atoms with Crippen molar-refractivity contribution < 1.29 is 18.4 Å². The van der Waals surface area contributed by atoms with Crippen molar-refractivity contribution in [3.63, 3.8) is 0 Å². The number of aromatic amines is 1. The minimum atomic E-state index is -2.88. The molecule has 3 N–H and O–H groups in total. The van der Waals surface area contributed by atoms with Gasteiger partial charge in [-0.05, 0) is 18.6 Å². The number of carbonyl (C=O) groups is 2. The van der Waals surface area contributed by atoms with Crippen molar-refractivity contribution >= 4 is 29.3 Å². The summed E-state index contributed by atoms with van der Waals surface area (Å²) in [6, 6.07) is 1.27. The molecule has 3 aliphatic rings. The molecule has 2 aromatic heterocycles. The highest BCUT2D eigenvalue weighted by Gasteiger charge is 2.58. The lowest BCUT2D eigenvalue weighted by Gasteiger charge is -2.35. The third-order valence-corrected chi connectivity index (χ3v) is 5.44. The molecular formula is C18H17F2N7O3. The maximum Gasteiger partial charge on any atom is 0.329 e. The summed E-state index contributed by atoms with van der Waals surface area (Å²) >= 11 is 0. The summed E-state index contributed by atoms with van der Waals surface area (Å²) in [4.78, 5) is 50.6. The third kappa shape index (κ3) is 3.13. The quantitative estimate of drug-likeness (QED) is 0.683. The van der Waals surface area contributed by atoms with Gasteiger partial charge in [-0.1, -0.05) is 0 Å². The number of rotatable bonds is 3. The van der Waals surface area contributed by atoms with Crippen LogP contribution in [-0.2, 0) is 0 Å². The van der Waals surface area contributed by atoms with E-state index in [-0.39, 0.29) is 29.8 Å². The maximum atomic E-state index is 13.1. The van der Waals surface area contributed by atoms with Crippen LogP contribution in [0.25, 0.3) is 0 Å². The van der Waals surface area contributed by atoms with Gasteiger partial charge >= 0.3 is 6.03 Å². The number of alkyl halides is 2. The molecule has 1 saturated carbocycles. The normalized spacial score (nSPS) is 23.0. The molecule has 2 bridgehead atoms. The standard InChI is InChI=1S/C18H17F2N7O3/c19-18(20)5-12(18)24-16(29)10-1-2-11-15(23-10)27(9-3-4-26(11)8-9)17(30)25-13-6-22-14(28)7-21-13/h1-2,6-7,9,12H,3-5,8H2,(H,22,28)(H,24,29)(H,21,25,30). The number of amides is 3. The number of carbonyl (C=O) groups excluding carboxylic acids is 2. The second kappa shape index (κ2) is 6.47. The average molecular weight is 417 g/mol. The van der Waals surface area contributed by atoms with Crippen LogP contribution in [0.1, 0.15) is 23.3 Å². The lowest BCUT2D eigenvalue weighted by Crippen LogP contribution is -2.48. The van der Waals surface area contributed by atoms with Crippen molar-refractivity contribution in [3.05, 3.63) is 40.6 Å². The number of hydrogen-bond donors (Lipinski definition) is 3. The van der Waals surface area contributed by atoms with Crippen LogP contribution in [0.2, 0.25) is 0 Å². The monoisotopic (exact) mass is 417 g/mol. The highest BCUT2D eigenvalue weighted by molar-refractivity contribution is 6.05. The van der Waals surface area contributed by atoms with Gasteiger partial charge in [-0.3, -0.25) is 19.8 Å². The zero-order valence-corrected chi connectivity index (χ0v) is 15.6. The number of hydrogen-bond acceptors (Lipinski definition) is 6. The van der Waals surface area contributed by atoms with Crippen LogP contribution in [0.4, 0.5) is 30.9 Å². The Balaban J connectivity index is 1.43. The van der Waals surface area contributed by atoms with Crippen molar-refractivity contribution in [2.75, 3.05) is 28.2 Å². The topological polar surface area (TPSA) is 123 Å². The van der Waals surface area contributed by atoms with Crippen LogP contribution in [0, 0.1) is 0 Å². The Labute approximate surface area is 168 Å². The minimum Gasteiger partial charge on any atom is -0.366 e. The van der Waals surface area contributed by atoms with Crippen LogP contribution in [0.15, 0.2) is 29.3 Å². The fraction of sp³-hybridized carbons (Fsp3) is 0.389.